The number of hydrogen-bond acceptors (Lipinski definition) is 4. The van der Waals surface area contributed by atoms with Crippen LogP contribution in [0.4, 0.5) is 5.69 Å². The highest BCUT2D eigenvalue weighted by atomic mass is 35.5. The fourth-order valence-electron chi connectivity index (χ4n) is 4.73. The topological polar surface area (TPSA) is 93.9 Å². The smallest absolute Gasteiger partial charge is 0.272 e. The van der Waals surface area contributed by atoms with Crippen LogP contribution in [0.25, 0.3) is 22.0 Å². The van der Waals surface area contributed by atoms with Crippen molar-refractivity contribution in [3.8, 4) is 11.1 Å². The number of nitrogens with zero attached hydrogens (tertiary/aromatic N) is 2. The van der Waals surface area contributed by atoms with Gasteiger partial charge in [0.15, 0.2) is 0 Å². The van der Waals surface area contributed by atoms with Gasteiger partial charge in [-0.25, -0.2) is 4.98 Å². The lowest BCUT2D eigenvalue weighted by Crippen LogP contribution is -2.45. The van der Waals surface area contributed by atoms with Crippen molar-refractivity contribution < 1.29 is 4.79 Å². The second-order valence-corrected chi connectivity index (χ2v) is 9.07. The Balaban J connectivity index is 0.00000289. The molecular formula is C26H27Cl2N5O2. The highest BCUT2D eigenvalue weighted by Crippen LogP contribution is 2.37. The van der Waals surface area contributed by atoms with Crippen molar-refractivity contribution in [2.24, 2.45) is 5.92 Å². The number of anilines is 1. The monoisotopic (exact) mass is 511 g/mol. The van der Waals surface area contributed by atoms with Gasteiger partial charge in [-0.1, -0.05) is 41.9 Å². The number of nitrogens with one attached hydrogen (secondary N) is 3. The van der Waals surface area contributed by atoms with E-state index < -0.39 is 0 Å². The van der Waals surface area contributed by atoms with E-state index >= 15 is 0 Å². The van der Waals surface area contributed by atoms with Crippen molar-refractivity contribution in [3.63, 3.8) is 0 Å². The van der Waals surface area contributed by atoms with Crippen molar-refractivity contribution in [2.75, 3.05) is 24.5 Å². The minimum absolute atomic E-state index is 0. The van der Waals surface area contributed by atoms with Crippen LogP contribution in [-0.2, 0) is 11.2 Å². The number of fused-ring (bicyclic) bond motifs is 1. The molecule has 0 bridgehead atoms. The molecule has 1 aliphatic heterocycles. The van der Waals surface area contributed by atoms with Gasteiger partial charge in [0, 0.05) is 59.4 Å². The first-order valence-corrected chi connectivity index (χ1v) is 11.9. The van der Waals surface area contributed by atoms with Crippen molar-refractivity contribution in [2.45, 2.75) is 19.3 Å². The third-order valence-electron chi connectivity index (χ3n) is 6.37. The molecule has 35 heavy (non-hydrogen) atoms. The molecule has 1 atom stereocenters. The van der Waals surface area contributed by atoms with E-state index in [-0.39, 0.29) is 29.8 Å². The number of carbonyl (C=O) groups excluding carboxylic acids is 1. The molecule has 3 heterocycles. The predicted octanol–water partition coefficient (Wildman–Crippen LogP) is 4.57. The van der Waals surface area contributed by atoms with Gasteiger partial charge in [-0.2, -0.15) is 0 Å². The molecule has 1 aliphatic rings. The summed E-state index contributed by atoms with van der Waals surface area (Å²) < 4.78 is 0. The maximum absolute atomic E-state index is 13.4. The SMILES string of the molecule is Cl.O=C(NCCc1cnc[nH]1)C1CCCN(c2c(-c3ccccc3)c3cc(Cl)ccc3[nH]c2=O)C1. The number of piperidine rings is 1. The molecule has 0 aliphatic carbocycles. The predicted molar refractivity (Wildman–Crippen MR) is 143 cm³/mol. The van der Waals surface area contributed by atoms with Crippen molar-refractivity contribution in [1.29, 1.82) is 0 Å². The summed E-state index contributed by atoms with van der Waals surface area (Å²) in [5.74, 6) is -0.167. The van der Waals surface area contributed by atoms with Gasteiger partial charge in [0.2, 0.25) is 5.91 Å². The number of imidazole rings is 1. The number of carbonyl (C=O) groups is 1. The maximum Gasteiger partial charge on any atom is 0.272 e. The van der Waals surface area contributed by atoms with Crippen molar-refractivity contribution >= 4 is 46.5 Å². The van der Waals surface area contributed by atoms with Crippen LogP contribution in [0.2, 0.25) is 5.02 Å². The van der Waals surface area contributed by atoms with E-state index in [0.29, 0.717) is 36.8 Å². The van der Waals surface area contributed by atoms with Crippen LogP contribution in [0.5, 0.6) is 0 Å². The number of hydrogen-bond donors (Lipinski definition) is 3. The average molecular weight is 512 g/mol. The van der Waals surface area contributed by atoms with Crippen LogP contribution in [0, 0.1) is 5.92 Å². The van der Waals surface area contributed by atoms with E-state index in [1.165, 1.54) is 0 Å². The van der Waals surface area contributed by atoms with E-state index in [0.717, 1.165) is 40.6 Å². The standard InChI is InChI=1S/C26H26ClN5O2.ClH/c27-19-8-9-22-21(13-19)23(17-5-2-1-3-6-17)24(26(34)31-22)32-12-4-7-18(15-32)25(33)29-11-10-20-14-28-16-30-20;/h1-3,5-6,8-9,13-14,16,18H,4,7,10-12,15H2,(H,28,30)(H,29,33)(H,31,34);1H. The zero-order valence-electron chi connectivity index (χ0n) is 19.1. The quantitative estimate of drug-likeness (QED) is 0.353. The van der Waals surface area contributed by atoms with Crippen LogP contribution >= 0.6 is 24.0 Å². The van der Waals surface area contributed by atoms with Gasteiger partial charge in [-0.05, 0) is 36.6 Å². The van der Waals surface area contributed by atoms with Gasteiger partial charge in [0.05, 0.1) is 12.2 Å². The summed E-state index contributed by atoms with van der Waals surface area (Å²) in [6.45, 7) is 1.75. The third kappa shape index (κ3) is 5.36. The van der Waals surface area contributed by atoms with Crippen LogP contribution in [-0.4, -0.2) is 40.5 Å². The number of benzene rings is 2. The zero-order valence-corrected chi connectivity index (χ0v) is 20.7. The van der Waals surface area contributed by atoms with Crippen LogP contribution in [0.15, 0.2) is 65.8 Å². The van der Waals surface area contributed by atoms with E-state index in [4.69, 9.17) is 11.6 Å². The molecule has 3 N–H and O–H groups in total. The molecule has 0 saturated carbocycles. The number of rotatable bonds is 6. The summed E-state index contributed by atoms with van der Waals surface area (Å²) >= 11 is 6.34. The number of halogens is 2. The highest BCUT2D eigenvalue weighted by molar-refractivity contribution is 6.31. The molecule has 5 rings (SSSR count). The normalized spacial score (nSPS) is 15.6. The second kappa shape index (κ2) is 11.0. The summed E-state index contributed by atoms with van der Waals surface area (Å²) in [7, 11) is 0. The minimum atomic E-state index is -0.186. The molecule has 1 fully saturated rings. The summed E-state index contributed by atoms with van der Waals surface area (Å²) in [5, 5.41) is 4.54. The number of pyridine rings is 1. The maximum atomic E-state index is 13.4. The molecule has 0 spiro atoms. The van der Waals surface area contributed by atoms with E-state index in [1.54, 1.807) is 18.6 Å². The Morgan fingerprint density at radius 1 is 1.20 bits per heavy atom. The fourth-order valence-corrected chi connectivity index (χ4v) is 4.91. The van der Waals surface area contributed by atoms with E-state index in [2.05, 4.69) is 25.2 Å². The number of H-pyrrole nitrogens is 2. The van der Waals surface area contributed by atoms with Gasteiger partial charge < -0.3 is 20.2 Å². The van der Waals surface area contributed by atoms with Gasteiger partial charge in [0.1, 0.15) is 5.69 Å². The number of aromatic nitrogens is 3. The Morgan fingerprint density at radius 3 is 2.80 bits per heavy atom. The van der Waals surface area contributed by atoms with Crippen molar-refractivity contribution in [1.82, 2.24) is 20.3 Å². The summed E-state index contributed by atoms with van der Waals surface area (Å²) in [5.41, 5.74) is 3.95. The molecule has 7 nitrogen and oxygen atoms in total. The summed E-state index contributed by atoms with van der Waals surface area (Å²) in [6.07, 6.45) is 5.72. The van der Waals surface area contributed by atoms with Gasteiger partial charge in [-0.15, -0.1) is 12.4 Å². The Labute approximate surface area is 214 Å². The lowest BCUT2D eigenvalue weighted by Gasteiger charge is -2.34. The Morgan fingerprint density at radius 2 is 2.03 bits per heavy atom. The first-order valence-electron chi connectivity index (χ1n) is 11.5. The fraction of sp³-hybridized carbons (Fsp3) is 0.269. The lowest BCUT2D eigenvalue weighted by atomic mass is 9.94. The number of amides is 1. The minimum Gasteiger partial charge on any atom is -0.366 e. The Kier molecular flexibility index (Phi) is 7.78. The first kappa shape index (κ1) is 24.8. The Bertz CT molecular complexity index is 1360. The molecule has 9 heteroatoms. The largest absolute Gasteiger partial charge is 0.366 e. The molecule has 4 aromatic rings. The third-order valence-corrected chi connectivity index (χ3v) is 6.61. The molecule has 0 radical (unpaired) electrons. The van der Waals surface area contributed by atoms with Crippen molar-refractivity contribution in [3.05, 3.63) is 82.1 Å². The first-order chi connectivity index (χ1) is 16.6. The molecule has 182 valence electrons. The second-order valence-electron chi connectivity index (χ2n) is 8.64. The Hall–Kier alpha value is -3.29. The van der Waals surface area contributed by atoms with Gasteiger partial charge >= 0.3 is 0 Å². The summed E-state index contributed by atoms with van der Waals surface area (Å²) in [6, 6.07) is 15.4. The van der Waals surface area contributed by atoms with Crippen LogP contribution < -0.4 is 15.8 Å². The van der Waals surface area contributed by atoms with Gasteiger partial charge in [-0.3, -0.25) is 9.59 Å². The van der Waals surface area contributed by atoms with E-state index in [9.17, 15) is 9.59 Å². The molecule has 1 amide bonds. The lowest BCUT2D eigenvalue weighted by molar-refractivity contribution is -0.125. The average Bonchev–Trinajstić information content (AvgIpc) is 3.37. The highest BCUT2D eigenvalue weighted by Gasteiger charge is 2.29. The molecule has 2 aromatic heterocycles. The zero-order chi connectivity index (χ0) is 23.5. The van der Waals surface area contributed by atoms with Crippen LogP contribution in [0.1, 0.15) is 18.5 Å². The van der Waals surface area contributed by atoms with Crippen LogP contribution in [0.3, 0.4) is 0 Å². The molecule has 1 saturated heterocycles. The molecule has 2 aromatic carbocycles. The summed E-state index contributed by atoms with van der Waals surface area (Å²) in [4.78, 5) is 38.4. The van der Waals surface area contributed by atoms with Gasteiger partial charge in [0.25, 0.3) is 5.56 Å². The van der Waals surface area contributed by atoms with E-state index in [1.807, 2.05) is 42.5 Å². The molecular weight excluding hydrogens is 485 g/mol. The molecule has 1 unspecified atom stereocenters. The number of aromatic amines is 2.